The predicted molar refractivity (Wildman–Crippen MR) is 126 cm³/mol. The highest BCUT2D eigenvalue weighted by Crippen LogP contribution is 2.21. The zero-order valence-corrected chi connectivity index (χ0v) is 20.9. The molecule has 1 aliphatic heterocycles. The van der Waals surface area contributed by atoms with Crippen molar-refractivity contribution in [1.29, 1.82) is 0 Å². The number of nitrogens with one attached hydrogen (secondary N) is 3. The Hall–Kier alpha value is -3.81. The van der Waals surface area contributed by atoms with Gasteiger partial charge >= 0.3 is 6.36 Å². The van der Waals surface area contributed by atoms with Crippen LogP contribution in [0.3, 0.4) is 0 Å². The van der Waals surface area contributed by atoms with E-state index < -0.39 is 60.3 Å². The maximum Gasteiger partial charge on any atom is 0.522 e. The second kappa shape index (κ2) is 13.3. The van der Waals surface area contributed by atoms with Crippen molar-refractivity contribution in [2.75, 3.05) is 13.2 Å². The van der Waals surface area contributed by atoms with Crippen LogP contribution in [0.4, 0.5) is 17.6 Å². The average Bonchev–Trinajstić information content (AvgIpc) is 3.55. The van der Waals surface area contributed by atoms with Crippen molar-refractivity contribution < 1.29 is 46.0 Å². The molecule has 1 aliphatic rings. The summed E-state index contributed by atoms with van der Waals surface area (Å²) in [6, 6.07) is 4.53. The van der Waals surface area contributed by atoms with Crippen molar-refractivity contribution in [3.8, 4) is 0 Å². The summed E-state index contributed by atoms with van der Waals surface area (Å²) < 4.78 is 60.1. The first-order valence-electron chi connectivity index (χ1n) is 12.2. The number of amides is 3. The van der Waals surface area contributed by atoms with Gasteiger partial charge in [-0.05, 0) is 43.2 Å². The van der Waals surface area contributed by atoms with Crippen molar-refractivity contribution >= 4 is 23.5 Å². The summed E-state index contributed by atoms with van der Waals surface area (Å²) in [5, 5.41) is 10.9. The van der Waals surface area contributed by atoms with Gasteiger partial charge in [-0.3, -0.25) is 23.9 Å². The Kier molecular flexibility index (Phi) is 10.2. The van der Waals surface area contributed by atoms with E-state index >= 15 is 0 Å². The number of nitrogens with zero attached hydrogens (tertiary/aromatic N) is 1. The standard InChI is InChI=1S/C25H28F4N4O6/c1-14(10-15-4-2-3-5-17(15)26)11-20(32-23(36)18-7-9-39-33-18)24(37)31-19(12-16-6-8-30-22(16)35)21(34)13-38-25(27,28)29/h2-5,7,9,14,16,19-20H,6,8,10-13H2,1H3,(H,30,35)(H,31,37)(H,32,36)/t14?,16-,19-,20-/m0/s1. The number of halogens is 4. The first-order valence-corrected chi connectivity index (χ1v) is 12.2. The molecule has 3 amide bonds. The Balaban J connectivity index is 1.77. The van der Waals surface area contributed by atoms with Gasteiger partial charge in [-0.25, -0.2) is 4.39 Å². The number of Topliss-reactive ketones (excluding diaryl/α,β-unsaturated/α-hetero) is 1. The van der Waals surface area contributed by atoms with Crippen LogP contribution in [-0.2, 0) is 25.5 Å². The van der Waals surface area contributed by atoms with Gasteiger partial charge in [0.05, 0.1) is 6.04 Å². The molecular formula is C25H28F4N4O6. The molecule has 2 heterocycles. The van der Waals surface area contributed by atoms with Gasteiger partial charge in [0.15, 0.2) is 11.5 Å². The molecule has 1 aromatic carbocycles. The molecule has 3 rings (SSSR count). The van der Waals surface area contributed by atoms with Crippen LogP contribution in [0.15, 0.2) is 41.1 Å². The van der Waals surface area contributed by atoms with E-state index in [2.05, 4.69) is 30.4 Å². The number of ether oxygens (including phenoxy) is 1. The molecule has 4 atom stereocenters. The fraction of sp³-hybridized carbons (Fsp3) is 0.480. The summed E-state index contributed by atoms with van der Waals surface area (Å²) in [5.74, 6) is -4.67. The number of hydrogen-bond donors (Lipinski definition) is 3. The summed E-state index contributed by atoms with van der Waals surface area (Å²) >= 11 is 0. The van der Waals surface area contributed by atoms with E-state index in [9.17, 15) is 36.7 Å². The first-order chi connectivity index (χ1) is 18.4. The largest absolute Gasteiger partial charge is 0.522 e. The number of benzene rings is 1. The van der Waals surface area contributed by atoms with Gasteiger partial charge in [0.25, 0.3) is 5.91 Å². The summed E-state index contributed by atoms with van der Waals surface area (Å²) in [6.45, 7) is 0.668. The van der Waals surface area contributed by atoms with E-state index in [1.165, 1.54) is 18.2 Å². The van der Waals surface area contributed by atoms with E-state index in [4.69, 9.17) is 0 Å². The molecule has 39 heavy (non-hydrogen) atoms. The van der Waals surface area contributed by atoms with E-state index in [1.807, 2.05) is 0 Å². The van der Waals surface area contributed by atoms with E-state index in [0.29, 0.717) is 18.5 Å². The average molecular weight is 557 g/mol. The Labute approximate surface area is 220 Å². The van der Waals surface area contributed by atoms with Crippen molar-refractivity contribution in [3.05, 3.63) is 53.7 Å². The monoisotopic (exact) mass is 556 g/mol. The molecule has 0 aliphatic carbocycles. The zero-order valence-electron chi connectivity index (χ0n) is 20.9. The number of carbonyl (C=O) groups is 4. The summed E-state index contributed by atoms with van der Waals surface area (Å²) in [5.41, 5.74) is 0.250. The number of rotatable bonds is 13. The van der Waals surface area contributed by atoms with Gasteiger partial charge in [0, 0.05) is 18.5 Å². The Morgan fingerprint density at radius 1 is 1.18 bits per heavy atom. The Morgan fingerprint density at radius 2 is 1.92 bits per heavy atom. The van der Waals surface area contributed by atoms with E-state index in [1.54, 1.807) is 19.1 Å². The van der Waals surface area contributed by atoms with Crippen LogP contribution in [0.2, 0.25) is 0 Å². The summed E-state index contributed by atoms with van der Waals surface area (Å²) in [6.07, 6.45) is -3.68. The minimum Gasteiger partial charge on any atom is -0.364 e. The topological polar surface area (TPSA) is 140 Å². The molecule has 0 spiro atoms. The zero-order chi connectivity index (χ0) is 28.6. The summed E-state index contributed by atoms with van der Waals surface area (Å²) in [7, 11) is 0. The maximum atomic E-state index is 14.2. The third-order valence-electron chi connectivity index (χ3n) is 6.22. The van der Waals surface area contributed by atoms with Gasteiger partial charge in [-0.2, -0.15) is 0 Å². The maximum absolute atomic E-state index is 14.2. The lowest BCUT2D eigenvalue weighted by Crippen LogP contribution is -2.53. The van der Waals surface area contributed by atoms with E-state index in [-0.39, 0.29) is 30.9 Å². The van der Waals surface area contributed by atoms with Crippen LogP contribution >= 0.6 is 0 Å². The molecule has 14 heteroatoms. The second-order valence-electron chi connectivity index (χ2n) is 9.32. The van der Waals surface area contributed by atoms with Crippen molar-refractivity contribution in [3.63, 3.8) is 0 Å². The second-order valence-corrected chi connectivity index (χ2v) is 9.32. The van der Waals surface area contributed by atoms with Crippen LogP contribution in [-0.4, -0.2) is 60.3 Å². The summed E-state index contributed by atoms with van der Waals surface area (Å²) in [4.78, 5) is 50.6. The fourth-order valence-electron chi connectivity index (χ4n) is 4.27. The molecular weight excluding hydrogens is 528 g/mol. The minimum atomic E-state index is -5.08. The number of carbonyl (C=O) groups excluding carboxylic acids is 4. The molecule has 1 fully saturated rings. The highest BCUT2D eigenvalue weighted by molar-refractivity contribution is 5.97. The smallest absolute Gasteiger partial charge is 0.364 e. The lowest BCUT2D eigenvalue weighted by molar-refractivity contribution is -0.321. The first kappa shape index (κ1) is 29.7. The Morgan fingerprint density at radius 3 is 2.54 bits per heavy atom. The lowest BCUT2D eigenvalue weighted by Gasteiger charge is -2.26. The predicted octanol–water partition coefficient (Wildman–Crippen LogP) is 2.30. The molecule has 2 aromatic rings. The molecule has 0 bridgehead atoms. The van der Waals surface area contributed by atoms with Crippen molar-refractivity contribution in [2.45, 2.75) is 51.1 Å². The molecule has 1 aromatic heterocycles. The third-order valence-corrected chi connectivity index (χ3v) is 6.22. The lowest BCUT2D eigenvalue weighted by atomic mass is 9.92. The molecule has 0 saturated carbocycles. The van der Waals surface area contributed by atoms with Crippen LogP contribution in [0.5, 0.6) is 0 Å². The number of ketones is 1. The molecule has 3 N–H and O–H groups in total. The fourth-order valence-corrected chi connectivity index (χ4v) is 4.27. The SMILES string of the molecule is CC(Cc1ccccc1F)C[C@H](NC(=O)c1ccon1)C(=O)N[C@@H](C[C@@H]1CCNC1=O)C(=O)COC(F)(F)F. The highest BCUT2D eigenvalue weighted by Gasteiger charge is 2.36. The number of aromatic nitrogens is 1. The number of hydrogen-bond acceptors (Lipinski definition) is 7. The van der Waals surface area contributed by atoms with Crippen molar-refractivity contribution in [2.24, 2.45) is 11.8 Å². The van der Waals surface area contributed by atoms with Crippen molar-refractivity contribution in [1.82, 2.24) is 21.1 Å². The quantitative estimate of drug-likeness (QED) is 0.322. The molecule has 212 valence electrons. The molecule has 10 nitrogen and oxygen atoms in total. The molecule has 1 saturated heterocycles. The Bertz CT molecular complexity index is 1160. The molecule has 1 unspecified atom stereocenters. The van der Waals surface area contributed by atoms with Crippen LogP contribution in [0.25, 0.3) is 0 Å². The normalized spacial score (nSPS) is 17.7. The number of alkyl halides is 3. The van der Waals surface area contributed by atoms with Gasteiger partial charge < -0.3 is 20.5 Å². The van der Waals surface area contributed by atoms with Gasteiger partial charge in [-0.15, -0.1) is 13.2 Å². The highest BCUT2D eigenvalue weighted by atomic mass is 19.4. The van der Waals surface area contributed by atoms with Crippen LogP contribution in [0.1, 0.15) is 42.2 Å². The molecule has 0 radical (unpaired) electrons. The van der Waals surface area contributed by atoms with Crippen LogP contribution in [0, 0.1) is 17.7 Å². The van der Waals surface area contributed by atoms with Gasteiger partial charge in [-0.1, -0.05) is 30.3 Å². The minimum absolute atomic E-state index is 0.0202. The van der Waals surface area contributed by atoms with Gasteiger partial charge in [0.2, 0.25) is 11.8 Å². The van der Waals surface area contributed by atoms with E-state index in [0.717, 1.165) is 6.26 Å². The third kappa shape index (κ3) is 9.16. The van der Waals surface area contributed by atoms with Crippen LogP contribution < -0.4 is 16.0 Å². The van der Waals surface area contributed by atoms with Gasteiger partial charge in [0.1, 0.15) is 24.7 Å².